The molecule has 1 aliphatic carbocycles. The molecule has 1 saturated carbocycles. The van der Waals surface area contributed by atoms with E-state index in [1.807, 2.05) is 0 Å². The zero-order valence-electron chi connectivity index (χ0n) is 15.1. The molecule has 0 bridgehead atoms. The van der Waals surface area contributed by atoms with Gasteiger partial charge in [0.1, 0.15) is 5.60 Å². The van der Waals surface area contributed by atoms with E-state index >= 15 is 0 Å². The Labute approximate surface area is 146 Å². The molecule has 0 saturated heterocycles. The Morgan fingerprint density at radius 3 is 2.64 bits per heavy atom. The number of aliphatic hydroxyl groups is 1. The summed E-state index contributed by atoms with van der Waals surface area (Å²) < 4.78 is 11.7. The predicted molar refractivity (Wildman–Crippen MR) is 87.9 cm³/mol. The summed E-state index contributed by atoms with van der Waals surface area (Å²) in [5.41, 5.74) is -0.193. The lowest BCUT2D eigenvalue weighted by atomic mass is 10.2. The average Bonchev–Trinajstić information content (AvgIpc) is 3.09. The van der Waals surface area contributed by atoms with Gasteiger partial charge in [-0.25, -0.2) is 14.3 Å². The fraction of sp³-hybridized carbons (Fsp3) is 0.750. The molecule has 1 heterocycles. The Balaban J connectivity index is 2.21. The minimum Gasteiger partial charge on any atom is -0.461 e. The van der Waals surface area contributed by atoms with Crippen molar-refractivity contribution in [2.75, 3.05) is 6.61 Å². The van der Waals surface area contributed by atoms with Gasteiger partial charge >= 0.3 is 12.1 Å². The number of aliphatic hydroxyl groups excluding tert-OH is 1. The van der Waals surface area contributed by atoms with Crippen LogP contribution in [-0.4, -0.2) is 50.5 Å². The molecule has 2 atom stereocenters. The molecule has 9 heteroatoms. The van der Waals surface area contributed by atoms with Crippen molar-refractivity contribution in [3.05, 3.63) is 11.4 Å². The van der Waals surface area contributed by atoms with Crippen LogP contribution in [0.25, 0.3) is 0 Å². The Morgan fingerprint density at radius 2 is 2.08 bits per heavy atom. The summed E-state index contributed by atoms with van der Waals surface area (Å²) in [6.07, 6.45) is 1.09. The molecule has 9 nitrogen and oxygen atoms in total. The Hall–Kier alpha value is -2.16. The quantitative estimate of drug-likeness (QED) is 0.771. The minimum absolute atomic E-state index is 0.000713. The minimum atomic E-state index is -0.631. The summed E-state index contributed by atoms with van der Waals surface area (Å²) in [6, 6.07) is -0.272. The molecule has 25 heavy (non-hydrogen) atoms. The molecule has 0 aromatic carbocycles. The first kappa shape index (κ1) is 19.2. The SMILES string of the molecule is CCOC(=O)c1nnn(C2CCCC2O)c1CNC(=O)OC(C)(C)C. The monoisotopic (exact) mass is 354 g/mol. The van der Waals surface area contributed by atoms with Gasteiger partial charge in [0.25, 0.3) is 0 Å². The number of hydrogen-bond acceptors (Lipinski definition) is 7. The van der Waals surface area contributed by atoms with Crippen LogP contribution in [0.5, 0.6) is 0 Å². The fourth-order valence-corrected chi connectivity index (χ4v) is 2.78. The summed E-state index contributed by atoms with van der Waals surface area (Å²) in [4.78, 5) is 24.0. The molecule has 2 rings (SSSR count). The van der Waals surface area contributed by atoms with E-state index in [1.165, 1.54) is 4.68 Å². The molecule has 2 N–H and O–H groups in total. The van der Waals surface area contributed by atoms with E-state index in [-0.39, 0.29) is 24.9 Å². The maximum atomic E-state index is 12.1. The van der Waals surface area contributed by atoms with Gasteiger partial charge < -0.3 is 19.9 Å². The molecule has 1 aromatic rings. The number of hydrogen-bond donors (Lipinski definition) is 2. The van der Waals surface area contributed by atoms with E-state index in [0.717, 1.165) is 12.8 Å². The van der Waals surface area contributed by atoms with Gasteiger partial charge in [0.15, 0.2) is 5.69 Å². The highest BCUT2D eigenvalue weighted by Gasteiger charge is 2.32. The second kappa shape index (κ2) is 7.81. The molecule has 0 spiro atoms. The Bertz CT molecular complexity index is 623. The number of alkyl carbamates (subject to hydrolysis) is 1. The van der Waals surface area contributed by atoms with Crippen molar-refractivity contribution in [2.24, 2.45) is 0 Å². The number of esters is 1. The van der Waals surface area contributed by atoms with Gasteiger partial charge in [0, 0.05) is 0 Å². The van der Waals surface area contributed by atoms with Crippen LogP contribution in [0.15, 0.2) is 0 Å². The summed E-state index contributed by atoms with van der Waals surface area (Å²) in [6.45, 7) is 7.18. The lowest BCUT2D eigenvalue weighted by Crippen LogP contribution is -2.33. The molecule has 0 radical (unpaired) electrons. The van der Waals surface area contributed by atoms with Crippen LogP contribution >= 0.6 is 0 Å². The molecule has 0 aliphatic heterocycles. The zero-order valence-corrected chi connectivity index (χ0v) is 15.1. The smallest absolute Gasteiger partial charge is 0.407 e. The third-order valence-electron chi connectivity index (χ3n) is 3.82. The molecule has 1 aromatic heterocycles. The summed E-state index contributed by atoms with van der Waals surface area (Å²) in [5, 5.41) is 20.7. The van der Waals surface area contributed by atoms with Gasteiger partial charge in [-0.05, 0) is 47.0 Å². The van der Waals surface area contributed by atoms with Crippen LogP contribution in [0.1, 0.15) is 69.2 Å². The molecule has 2 unspecified atom stereocenters. The third kappa shape index (κ3) is 4.91. The summed E-state index contributed by atoms with van der Waals surface area (Å²) >= 11 is 0. The average molecular weight is 354 g/mol. The highest BCUT2D eigenvalue weighted by molar-refractivity contribution is 5.88. The number of nitrogens with one attached hydrogen (secondary N) is 1. The first-order valence-electron chi connectivity index (χ1n) is 8.49. The number of ether oxygens (including phenoxy) is 2. The summed E-state index contributed by atoms with van der Waals surface area (Å²) in [5.74, 6) is -0.609. The van der Waals surface area contributed by atoms with Crippen molar-refractivity contribution in [3.63, 3.8) is 0 Å². The van der Waals surface area contributed by atoms with Crippen LogP contribution < -0.4 is 5.32 Å². The highest BCUT2D eigenvalue weighted by Crippen LogP contribution is 2.31. The number of carbonyl (C=O) groups excluding carboxylic acids is 2. The van der Waals surface area contributed by atoms with Crippen molar-refractivity contribution >= 4 is 12.1 Å². The van der Waals surface area contributed by atoms with Gasteiger partial charge in [0.05, 0.1) is 31.0 Å². The van der Waals surface area contributed by atoms with Gasteiger partial charge in [-0.1, -0.05) is 5.21 Å². The zero-order chi connectivity index (χ0) is 18.6. The molecule has 1 aliphatic rings. The van der Waals surface area contributed by atoms with E-state index in [0.29, 0.717) is 12.1 Å². The first-order chi connectivity index (χ1) is 11.7. The molecule has 1 fully saturated rings. The van der Waals surface area contributed by atoms with Crippen LogP contribution in [0.3, 0.4) is 0 Å². The van der Waals surface area contributed by atoms with E-state index in [2.05, 4.69) is 15.6 Å². The topological polar surface area (TPSA) is 116 Å². The van der Waals surface area contributed by atoms with Crippen LogP contribution in [0, 0.1) is 0 Å². The lowest BCUT2D eigenvalue weighted by Gasteiger charge is -2.21. The normalized spacial score (nSPS) is 20.4. The maximum Gasteiger partial charge on any atom is 0.407 e. The number of carbonyl (C=O) groups is 2. The fourth-order valence-electron chi connectivity index (χ4n) is 2.78. The number of nitrogens with zero attached hydrogens (tertiary/aromatic N) is 3. The standard InChI is InChI=1S/C16H26N4O5/c1-5-24-14(22)13-11(9-17-15(23)25-16(2,3)4)20(19-18-13)10-7-6-8-12(10)21/h10,12,21H,5-9H2,1-4H3,(H,17,23). The van der Waals surface area contributed by atoms with Gasteiger partial charge in [-0.3, -0.25) is 0 Å². The van der Waals surface area contributed by atoms with Gasteiger partial charge in [-0.2, -0.15) is 0 Å². The number of aromatic nitrogens is 3. The van der Waals surface area contributed by atoms with Crippen molar-refractivity contribution < 1.29 is 24.2 Å². The predicted octanol–water partition coefficient (Wildman–Crippen LogP) is 1.57. The number of rotatable bonds is 5. The lowest BCUT2D eigenvalue weighted by molar-refractivity contribution is 0.0496. The molecular weight excluding hydrogens is 328 g/mol. The Kier molecular flexibility index (Phi) is 5.99. The highest BCUT2D eigenvalue weighted by atomic mass is 16.6. The molecular formula is C16H26N4O5. The van der Waals surface area contributed by atoms with E-state index < -0.39 is 23.8 Å². The van der Waals surface area contributed by atoms with E-state index in [9.17, 15) is 14.7 Å². The maximum absolute atomic E-state index is 12.1. The van der Waals surface area contributed by atoms with Crippen LogP contribution in [0.4, 0.5) is 4.79 Å². The molecule has 1 amide bonds. The largest absolute Gasteiger partial charge is 0.461 e. The first-order valence-corrected chi connectivity index (χ1v) is 8.49. The third-order valence-corrected chi connectivity index (χ3v) is 3.82. The van der Waals surface area contributed by atoms with E-state index in [1.54, 1.807) is 27.7 Å². The van der Waals surface area contributed by atoms with Crippen molar-refractivity contribution in [3.8, 4) is 0 Å². The molecule has 140 valence electrons. The Morgan fingerprint density at radius 1 is 1.36 bits per heavy atom. The van der Waals surface area contributed by atoms with Crippen molar-refractivity contribution in [2.45, 2.75) is 71.2 Å². The van der Waals surface area contributed by atoms with Crippen LogP contribution in [0.2, 0.25) is 0 Å². The van der Waals surface area contributed by atoms with Crippen molar-refractivity contribution in [1.82, 2.24) is 20.3 Å². The van der Waals surface area contributed by atoms with E-state index in [4.69, 9.17) is 9.47 Å². The van der Waals surface area contributed by atoms with Gasteiger partial charge in [-0.15, -0.1) is 5.10 Å². The second-order valence-electron chi connectivity index (χ2n) is 6.97. The van der Waals surface area contributed by atoms with Crippen LogP contribution in [-0.2, 0) is 16.0 Å². The van der Waals surface area contributed by atoms with Crippen molar-refractivity contribution in [1.29, 1.82) is 0 Å². The summed E-state index contributed by atoms with van der Waals surface area (Å²) in [7, 11) is 0. The van der Waals surface area contributed by atoms with Gasteiger partial charge in [0.2, 0.25) is 0 Å². The second-order valence-corrected chi connectivity index (χ2v) is 6.97. The number of amides is 1.